The molecule has 3 aromatic rings. The van der Waals surface area contributed by atoms with Gasteiger partial charge in [0.1, 0.15) is 11.6 Å². The van der Waals surface area contributed by atoms with Crippen molar-refractivity contribution < 1.29 is 9.50 Å². The van der Waals surface area contributed by atoms with Gasteiger partial charge in [0, 0.05) is 56.0 Å². The first kappa shape index (κ1) is 21.8. The van der Waals surface area contributed by atoms with Crippen LogP contribution in [0.5, 0.6) is 5.75 Å². The Morgan fingerprint density at radius 2 is 1.94 bits per heavy atom. The molecule has 8 heteroatoms. The fourth-order valence-electron chi connectivity index (χ4n) is 4.64. The lowest BCUT2D eigenvalue weighted by molar-refractivity contribution is 0.117. The van der Waals surface area contributed by atoms with Crippen LogP contribution in [0.4, 0.5) is 15.9 Å². The molecule has 1 saturated heterocycles. The number of aryl methyl sites for hydroxylation is 1. The lowest BCUT2D eigenvalue weighted by atomic mass is 9.99. The van der Waals surface area contributed by atoms with E-state index in [4.69, 9.17) is 6.57 Å². The van der Waals surface area contributed by atoms with Crippen LogP contribution in [-0.2, 0) is 7.05 Å². The zero-order chi connectivity index (χ0) is 23.2. The van der Waals surface area contributed by atoms with Crippen molar-refractivity contribution >= 4 is 22.5 Å². The first-order chi connectivity index (χ1) is 15.2. The Morgan fingerprint density at radius 3 is 2.62 bits per heavy atom. The first-order valence-electron chi connectivity index (χ1n) is 10.6. The molecule has 0 bridgehead atoms. The molecule has 3 heterocycles. The van der Waals surface area contributed by atoms with Gasteiger partial charge in [-0.05, 0) is 39.0 Å². The van der Waals surface area contributed by atoms with Gasteiger partial charge in [-0.1, -0.05) is 12.6 Å². The smallest absolute Gasteiger partial charge is 0.270 e. The number of phenolic OH excluding ortho intramolecular Hbond substituents is 1. The molecule has 0 spiro atoms. The highest BCUT2D eigenvalue weighted by Crippen LogP contribution is 2.34. The third kappa shape index (κ3) is 3.69. The number of phenols is 1. The normalized spacial score (nSPS) is 20.3. The Kier molecular flexibility index (Phi) is 5.61. The molecular weight excluding hydrogens is 409 g/mol. The van der Waals surface area contributed by atoms with Crippen LogP contribution >= 0.6 is 0 Å². The highest BCUT2D eigenvalue weighted by molar-refractivity contribution is 5.89. The summed E-state index contributed by atoms with van der Waals surface area (Å²) in [6.07, 6.45) is 0. The Bertz CT molecular complexity index is 1280. The van der Waals surface area contributed by atoms with E-state index in [2.05, 4.69) is 33.5 Å². The van der Waals surface area contributed by atoms with Crippen molar-refractivity contribution in [2.75, 3.05) is 18.0 Å². The fourth-order valence-corrected chi connectivity index (χ4v) is 4.64. The van der Waals surface area contributed by atoms with E-state index < -0.39 is 5.82 Å². The number of rotatable bonds is 3. The highest BCUT2D eigenvalue weighted by Gasteiger charge is 2.35. The van der Waals surface area contributed by atoms with Crippen molar-refractivity contribution in [2.24, 2.45) is 7.05 Å². The summed E-state index contributed by atoms with van der Waals surface area (Å²) in [5, 5.41) is 9.54. The lowest BCUT2D eigenvalue weighted by Gasteiger charge is -2.47. The van der Waals surface area contributed by atoms with E-state index in [1.807, 2.05) is 6.92 Å². The number of anilines is 1. The standard InChI is InChI=1S/C24H26FN5O2/c1-14-13-30(15(2)12-29(14)16(3)18-7-6-17(31)10-19(18)25)21-11-23(32)28(5)20-8-9-22(26-4)27-24(20)21/h6-11,14-16,31H,12-13H2,1-3,5H3/t14-,15+,16?/m1/s1. The maximum atomic E-state index is 14.5. The largest absolute Gasteiger partial charge is 0.508 e. The Labute approximate surface area is 186 Å². The van der Waals surface area contributed by atoms with Gasteiger partial charge in [0.2, 0.25) is 5.52 Å². The molecule has 0 radical (unpaired) electrons. The van der Waals surface area contributed by atoms with E-state index in [0.717, 1.165) is 11.8 Å². The predicted molar refractivity (Wildman–Crippen MR) is 123 cm³/mol. The lowest BCUT2D eigenvalue weighted by Crippen LogP contribution is -2.57. The van der Waals surface area contributed by atoms with Gasteiger partial charge < -0.3 is 19.4 Å². The molecule has 1 fully saturated rings. The van der Waals surface area contributed by atoms with E-state index in [1.165, 1.54) is 6.07 Å². The SMILES string of the molecule is [C-]#[N+]c1ccc2c(n1)c(N1C[C@@H](C)N(C(C)c3ccc(O)cc3F)C[C@@H]1C)cc(=O)n2C. The Balaban J connectivity index is 1.70. The summed E-state index contributed by atoms with van der Waals surface area (Å²) < 4.78 is 16.0. The molecular formula is C24H26FN5O2. The molecule has 1 N–H and O–H groups in total. The summed E-state index contributed by atoms with van der Waals surface area (Å²) in [6.45, 7) is 14.7. The van der Waals surface area contributed by atoms with E-state index in [9.17, 15) is 14.3 Å². The third-order valence-electron chi connectivity index (χ3n) is 6.44. The van der Waals surface area contributed by atoms with Crippen molar-refractivity contribution in [1.82, 2.24) is 14.5 Å². The van der Waals surface area contributed by atoms with E-state index >= 15 is 0 Å². The summed E-state index contributed by atoms with van der Waals surface area (Å²) in [4.78, 5) is 25.0. The number of fused-ring (bicyclic) bond motifs is 1. The molecule has 166 valence electrons. The summed E-state index contributed by atoms with van der Waals surface area (Å²) in [5.74, 6) is -0.227. The maximum absolute atomic E-state index is 14.5. The summed E-state index contributed by atoms with van der Waals surface area (Å²) in [5.41, 5.74) is 2.44. The van der Waals surface area contributed by atoms with Crippen LogP contribution < -0.4 is 10.5 Å². The van der Waals surface area contributed by atoms with Crippen molar-refractivity contribution in [3.05, 3.63) is 69.5 Å². The number of piperazine rings is 1. The molecule has 32 heavy (non-hydrogen) atoms. The van der Waals surface area contributed by atoms with E-state index in [0.29, 0.717) is 29.7 Å². The molecule has 3 atom stereocenters. The third-order valence-corrected chi connectivity index (χ3v) is 6.44. The van der Waals surface area contributed by atoms with Gasteiger partial charge in [-0.2, -0.15) is 0 Å². The summed E-state index contributed by atoms with van der Waals surface area (Å²) in [6, 6.07) is 9.17. The van der Waals surface area contributed by atoms with Gasteiger partial charge in [0.25, 0.3) is 11.4 Å². The molecule has 1 unspecified atom stereocenters. The minimum absolute atomic E-state index is 0.0301. The van der Waals surface area contributed by atoms with Crippen molar-refractivity contribution in [1.29, 1.82) is 0 Å². The maximum Gasteiger partial charge on any atom is 0.270 e. The molecule has 1 aliphatic rings. The van der Waals surface area contributed by atoms with Crippen molar-refractivity contribution in [2.45, 2.75) is 38.9 Å². The quantitative estimate of drug-likeness (QED) is 0.631. The fraction of sp³-hybridized carbons (Fsp3) is 0.375. The summed E-state index contributed by atoms with van der Waals surface area (Å²) >= 11 is 0. The van der Waals surface area contributed by atoms with Gasteiger partial charge >= 0.3 is 0 Å². The van der Waals surface area contributed by atoms with Gasteiger partial charge in [-0.25, -0.2) is 4.39 Å². The molecule has 1 aromatic carbocycles. The minimum Gasteiger partial charge on any atom is -0.508 e. The summed E-state index contributed by atoms with van der Waals surface area (Å²) in [7, 11) is 1.70. The first-order valence-corrected chi connectivity index (χ1v) is 10.6. The predicted octanol–water partition coefficient (Wildman–Crippen LogP) is 3.99. The van der Waals surface area contributed by atoms with Crippen molar-refractivity contribution in [3.8, 4) is 5.75 Å². The minimum atomic E-state index is -0.423. The number of pyridine rings is 2. The zero-order valence-corrected chi connectivity index (χ0v) is 18.6. The number of hydrogen-bond donors (Lipinski definition) is 1. The average Bonchev–Trinajstić information content (AvgIpc) is 2.77. The van der Waals surface area contributed by atoms with E-state index in [-0.39, 0.29) is 35.3 Å². The van der Waals surface area contributed by atoms with Gasteiger partial charge in [-0.3, -0.25) is 9.69 Å². The molecule has 2 aromatic heterocycles. The second kappa shape index (κ2) is 8.24. The number of aromatic hydroxyl groups is 1. The molecule has 0 saturated carbocycles. The molecule has 0 amide bonds. The zero-order valence-electron chi connectivity index (χ0n) is 18.6. The van der Waals surface area contributed by atoms with Crippen LogP contribution in [0.25, 0.3) is 15.9 Å². The number of aromatic nitrogens is 2. The number of halogens is 1. The van der Waals surface area contributed by atoms with Crippen LogP contribution in [0.3, 0.4) is 0 Å². The van der Waals surface area contributed by atoms with Gasteiger partial charge in [-0.15, -0.1) is 4.98 Å². The Morgan fingerprint density at radius 1 is 1.19 bits per heavy atom. The van der Waals surface area contributed by atoms with Gasteiger partial charge in [0.05, 0.1) is 11.2 Å². The van der Waals surface area contributed by atoms with Crippen molar-refractivity contribution in [3.63, 3.8) is 0 Å². The second-order valence-electron chi connectivity index (χ2n) is 8.50. The number of benzene rings is 1. The molecule has 4 rings (SSSR count). The van der Waals surface area contributed by atoms with Crippen LogP contribution in [0.1, 0.15) is 32.4 Å². The molecule has 7 nitrogen and oxygen atoms in total. The number of nitrogens with zero attached hydrogens (tertiary/aromatic N) is 5. The van der Waals surface area contributed by atoms with Crippen LogP contribution in [-0.4, -0.2) is 44.7 Å². The van der Waals surface area contributed by atoms with Crippen LogP contribution in [0, 0.1) is 12.4 Å². The average molecular weight is 436 g/mol. The topological polar surface area (TPSA) is 66.0 Å². The molecule has 1 aliphatic heterocycles. The monoisotopic (exact) mass is 435 g/mol. The van der Waals surface area contributed by atoms with Crippen LogP contribution in [0.2, 0.25) is 0 Å². The highest BCUT2D eigenvalue weighted by atomic mass is 19.1. The number of hydrogen-bond acceptors (Lipinski definition) is 5. The Hall–Kier alpha value is -3.44. The second-order valence-corrected chi connectivity index (χ2v) is 8.50. The van der Waals surface area contributed by atoms with Crippen LogP contribution in [0.15, 0.2) is 41.2 Å². The van der Waals surface area contributed by atoms with E-state index in [1.54, 1.807) is 35.9 Å². The van der Waals surface area contributed by atoms with Gasteiger partial charge in [0.15, 0.2) is 0 Å². The molecule has 0 aliphatic carbocycles.